The number of benzene rings is 2. The Morgan fingerprint density at radius 2 is 1.41 bits per heavy atom. The van der Waals surface area contributed by atoms with Crippen molar-refractivity contribution in [1.82, 2.24) is 0 Å². The normalized spacial score (nSPS) is 28.5. The Bertz CT molecular complexity index is 987. The van der Waals surface area contributed by atoms with Crippen molar-refractivity contribution in [3.05, 3.63) is 71.8 Å². The molecule has 37 heavy (non-hydrogen) atoms. The van der Waals surface area contributed by atoms with Crippen LogP contribution in [0.25, 0.3) is 0 Å². The highest BCUT2D eigenvalue weighted by Gasteiger charge is 2.35. The van der Waals surface area contributed by atoms with E-state index in [4.69, 9.17) is 28.4 Å². The summed E-state index contributed by atoms with van der Waals surface area (Å²) < 4.78 is 34.5. The third kappa shape index (κ3) is 8.10. The molecule has 0 aromatic heterocycles. The number of esters is 2. The summed E-state index contributed by atoms with van der Waals surface area (Å²) in [4.78, 5) is 24.7. The molecule has 2 aliphatic heterocycles. The van der Waals surface area contributed by atoms with Crippen LogP contribution in [-0.2, 0) is 38.0 Å². The van der Waals surface area contributed by atoms with Gasteiger partial charge in [-0.2, -0.15) is 0 Å². The van der Waals surface area contributed by atoms with Crippen LogP contribution in [0, 0.1) is 11.3 Å². The highest BCUT2D eigenvalue weighted by molar-refractivity contribution is 5.77. The smallest absolute Gasteiger partial charge is 0.306 e. The molecule has 2 aromatic carbocycles. The standard InChI is InChI=1S/C29H36O8/c1-21-17-33-27(22-9-5-3-6-10-22)32-16-15-24(21)37-26(31)14-13-25(30)34-18-29(2)19-35-28(36-20-29)23-11-7-4-8-12-23/h3-12,21,24,27-28H,13-20H2,1-2H3/t21-,24?,27-,28?,29?/m0/s1. The van der Waals surface area contributed by atoms with E-state index in [0.29, 0.717) is 32.8 Å². The Balaban J connectivity index is 1.14. The van der Waals surface area contributed by atoms with Crippen LogP contribution in [0.5, 0.6) is 0 Å². The summed E-state index contributed by atoms with van der Waals surface area (Å²) in [5.41, 5.74) is 1.46. The molecule has 8 nitrogen and oxygen atoms in total. The van der Waals surface area contributed by atoms with Crippen LogP contribution >= 0.6 is 0 Å². The van der Waals surface area contributed by atoms with Crippen LogP contribution < -0.4 is 0 Å². The molecule has 1 unspecified atom stereocenters. The second kappa shape index (κ2) is 13.1. The minimum Gasteiger partial charge on any atom is -0.465 e. The number of hydrogen-bond acceptors (Lipinski definition) is 8. The predicted octanol–water partition coefficient (Wildman–Crippen LogP) is 4.75. The molecule has 3 atom stereocenters. The van der Waals surface area contributed by atoms with Gasteiger partial charge >= 0.3 is 11.9 Å². The van der Waals surface area contributed by atoms with Crippen LogP contribution in [-0.4, -0.2) is 51.1 Å². The van der Waals surface area contributed by atoms with Crippen molar-refractivity contribution in [2.45, 2.75) is 51.8 Å². The summed E-state index contributed by atoms with van der Waals surface area (Å²) in [6, 6.07) is 19.5. The first-order valence-corrected chi connectivity index (χ1v) is 12.8. The lowest BCUT2D eigenvalue weighted by molar-refractivity contribution is -0.239. The van der Waals surface area contributed by atoms with Gasteiger partial charge in [0.2, 0.25) is 0 Å². The van der Waals surface area contributed by atoms with Gasteiger partial charge in [0.05, 0.1) is 39.3 Å². The molecule has 8 heteroatoms. The van der Waals surface area contributed by atoms with E-state index in [1.165, 1.54) is 0 Å². The average Bonchev–Trinajstić information content (AvgIpc) is 2.92. The number of rotatable bonds is 8. The summed E-state index contributed by atoms with van der Waals surface area (Å²) in [5, 5.41) is 0. The summed E-state index contributed by atoms with van der Waals surface area (Å²) >= 11 is 0. The van der Waals surface area contributed by atoms with Crippen molar-refractivity contribution in [2.24, 2.45) is 11.3 Å². The Kier molecular flexibility index (Phi) is 9.68. The SMILES string of the molecule is C[C@H]1CO[C@@H](c2ccccc2)OCCC1OC(=O)CCC(=O)OCC1(C)COC(c2ccccc2)OC1. The van der Waals surface area contributed by atoms with E-state index in [1.54, 1.807) is 0 Å². The maximum atomic E-state index is 12.4. The largest absolute Gasteiger partial charge is 0.465 e. The van der Waals surface area contributed by atoms with Crippen molar-refractivity contribution in [3.63, 3.8) is 0 Å². The van der Waals surface area contributed by atoms with Crippen LogP contribution in [0.3, 0.4) is 0 Å². The fraction of sp³-hybridized carbons (Fsp3) is 0.517. The van der Waals surface area contributed by atoms with Gasteiger partial charge in [0, 0.05) is 28.9 Å². The third-order valence-corrected chi connectivity index (χ3v) is 6.52. The fourth-order valence-electron chi connectivity index (χ4n) is 4.24. The summed E-state index contributed by atoms with van der Waals surface area (Å²) in [6.45, 7) is 5.67. The van der Waals surface area contributed by atoms with E-state index >= 15 is 0 Å². The molecule has 4 rings (SSSR count). The van der Waals surface area contributed by atoms with Gasteiger partial charge in [0.25, 0.3) is 0 Å². The zero-order valence-corrected chi connectivity index (χ0v) is 21.5. The van der Waals surface area contributed by atoms with Gasteiger partial charge in [-0.1, -0.05) is 74.5 Å². The van der Waals surface area contributed by atoms with Crippen LogP contribution in [0.15, 0.2) is 60.7 Å². The predicted molar refractivity (Wildman–Crippen MR) is 134 cm³/mol. The van der Waals surface area contributed by atoms with Crippen LogP contribution in [0.2, 0.25) is 0 Å². The minimum absolute atomic E-state index is 0.00280. The molecule has 0 aliphatic carbocycles. The average molecular weight is 513 g/mol. The van der Waals surface area contributed by atoms with E-state index < -0.39 is 29.9 Å². The molecule has 2 heterocycles. The molecule has 0 bridgehead atoms. The monoisotopic (exact) mass is 512 g/mol. The molecule has 0 saturated carbocycles. The lowest BCUT2D eigenvalue weighted by Gasteiger charge is -2.36. The van der Waals surface area contributed by atoms with Crippen molar-refractivity contribution in [1.29, 1.82) is 0 Å². The van der Waals surface area contributed by atoms with Gasteiger partial charge < -0.3 is 28.4 Å². The topological polar surface area (TPSA) is 89.5 Å². The molecule has 0 spiro atoms. The minimum atomic E-state index is -0.452. The first kappa shape index (κ1) is 27.3. The zero-order chi connectivity index (χ0) is 26.1. The molecule has 2 saturated heterocycles. The van der Waals surface area contributed by atoms with Gasteiger partial charge in [-0.3, -0.25) is 9.59 Å². The molecular formula is C29H36O8. The number of hydrogen-bond donors (Lipinski definition) is 0. The molecule has 2 aliphatic rings. The van der Waals surface area contributed by atoms with Gasteiger partial charge in [0.1, 0.15) is 12.7 Å². The number of carbonyl (C=O) groups is 2. The van der Waals surface area contributed by atoms with E-state index in [1.807, 2.05) is 74.5 Å². The molecule has 0 radical (unpaired) electrons. The van der Waals surface area contributed by atoms with Crippen molar-refractivity contribution in [3.8, 4) is 0 Å². The van der Waals surface area contributed by atoms with E-state index in [0.717, 1.165) is 11.1 Å². The van der Waals surface area contributed by atoms with Crippen molar-refractivity contribution in [2.75, 3.05) is 33.0 Å². The van der Waals surface area contributed by atoms with Crippen molar-refractivity contribution >= 4 is 11.9 Å². The Labute approximate surface area is 218 Å². The first-order valence-electron chi connectivity index (χ1n) is 12.8. The Hall–Kier alpha value is -2.78. The van der Waals surface area contributed by atoms with Crippen molar-refractivity contribution < 1.29 is 38.0 Å². The molecule has 0 N–H and O–H groups in total. The second-order valence-corrected chi connectivity index (χ2v) is 10.1. The quantitative estimate of drug-likeness (QED) is 0.469. The molecule has 2 fully saturated rings. The number of carbonyl (C=O) groups excluding carboxylic acids is 2. The highest BCUT2D eigenvalue weighted by Crippen LogP contribution is 2.32. The van der Waals surface area contributed by atoms with Crippen LogP contribution in [0.1, 0.15) is 56.8 Å². The summed E-state index contributed by atoms with van der Waals surface area (Å²) in [6.07, 6.45) is -0.722. The Morgan fingerprint density at radius 1 is 0.838 bits per heavy atom. The molecule has 0 amide bonds. The maximum absolute atomic E-state index is 12.4. The van der Waals surface area contributed by atoms with E-state index in [-0.39, 0.29) is 31.5 Å². The molecular weight excluding hydrogens is 476 g/mol. The summed E-state index contributed by atoms with van der Waals surface area (Å²) in [7, 11) is 0. The summed E-state index contributed by atoms with van der Waals surface area (Å²) in [5.74, 6) is -0.890. The highest BCUT2D eigenvalue weighted by atomic mass is 16.7. The molecule has 200 valence electrons. The fourth-order valence-corrected chi connectivity index (χ4v) is 4.24. The lowest BCUT2D eigenvalue weighted by atomic mass is 9.93. The second-order valence-electron chi connectivity index (χ2n) is 10.1. The van der Waals surface area contributed by atoms with Gasteiger partial charge in [-0.15, -0.1) is 0 Å². The third-order valence-electron chi connectivity index (χ3n) is 6.52. The zero-order valence-electron chi connectivity index (χ0n) is 21.5. The van der Waals surface area contributed by atoms with Gasteiger partial charge in [-0.25, -0.2) is 0 Å². The van der Waals surface area contributed by atoms with E-state index in [2.05, 4.69) is 0 Å². The van der Waals surface area contributed by atoms with Crippen LogP contribution in [0.4, 0.5) is 0 Å². The van der Waals surface area contributed by atoms with E-state index in [9.17, 15) is 9.59 Å². The number of ether oxygens (including phenoxy) is 6. The lowest BCUT2D eigenvalue weighted by Crippen LogP contribution is -2.40. The maximum Gasteiger partial charge on any atom is 0.306 e. The van der Waals surface area contributed by atoms with Gasteiger partial charge in [0.15, 0.2) is 12.6 Å². The molecule has 2 aromatic rings. The Morgan fingerprint density at radius 3 is 2.03 bits per heavy atom. The van der Waals surface area contributed by atoms with Gasteiger partial charge in [-0.05, 0) is 0 Å². The first-order chi connectivity index (χ1) is 17.9.